The topological polar surface area (TPSA) is 33.2 Å². The van der Waals surface area contributed by atoms with Gasteiger partial charge in [-0.3, -0.25) is 4.79 Å². The van der Waals surface area contributed by atoms with Gasteiger partial charge in [0.15, 0.2) is 0 Å². The van der Waals surface area contributed by atoms with Gasteiger partial charge in [-0.25, -0.2) is 4.98 Å². The molecule has 0 aliphatic heterocycles. The van der Waals surface area contributed by atoms with E-state index in [1.54, 1.807) is 18.0 Å². The fraction of sp³-hybridized carbons (Fsp3) is 0.250. The largest absolute Gasteiger partial charge is 0.342 e. The number of halogens is 1. The normalized spacial score (nSPS) is 10.5. The molecule has 0 atom stereocenters. The first-order valence-corrected chi connectivity index (χ1v) is 6.93. The third-order valence-electron chi connectivity index (χ3n) is 3.16. The number of hydrogen-bond acceptors (Lipinski definition) is 2. The number of hydrogen-bond donors (Lipinski definition) is 0. The van der Waals surface area contributed by atoms with Crippen LogP contribution in [0.3, 0.4) is 0 Å². The Balaban J connectivity index is 2.31. The van der Waals surface area contributed by atoms with Gasteiger partial charge in [-0.15, -0.1) is 6.58 Å². The minimum atomic E-state index is -0.0328. The predicted octanol–water partition coefficient (Wildman–Crippen LogP) is 3.93. The molecule has 104 valence electrons. The van der Waals surface area contributed by atoms with Crippen LogP contribution in [0.15, 0.2) is 43.0 Å². The summed E-state index contributed by atoms with van der Waals surface area (Å²) in [6, 6.07) is 9.16. The van der Waals surface area contributed by atoms with E-state index in [4.69, 9.17) is 11.6 Å². The average Bonchev–Trinajstić information content (AvgIpc) is 2.45. The molecule has 0 saturated carbocycles. The number of unbranched alkanes of at least 4 members (excludes halogenated alkanes) is 1. The molecule has 0 aliphatic rings. The van der Waals surface area contributed by atoms with Crippen LogP contribution in [0.2, 0.25) is 5.15 Å². The zero-order chi connectivity index (χ0) is 14.5. The van der Waals surface area contributed by atoms with Gasteiger partial charge < -0.3 is 4.90 Å². The van der Waals surface area contributed by atoms with E-state index in [1.165, 1.54) is 0 Å². The highest BCUT2D eigenvalue weighted by Gasteiger charge is 2.15. The van der Waals surface area contributed by atoms with E-state index in [0.717, 1.165) is 23.7 Å². The van der Waals surface area contributed by atoms with Crippen LogP contribution in [0.5, 0.6) is 0 Å². The molecule has 0 fully saturated rings. The number of benzene rings is 1. The van der Waals surface area contributed by atoms with Crippen molar-refractivity contribution in [3.05, 3.63) is 53.7 Å². The van der Waals surface area contributed by atoms with Crippen molar-refractivity contribution in [3.8, 4) is 0 Å². The average molecular weight is 289 g/mol. The molecule has 0 bridgehead atoms. The Kier molecular flexibility index (Phi) is 4.74. The van der Waals surface area contributed by atoms with E-state index in [-0.39, 0.29) is 5.91 Å². The van der Waals surface area contributed by atoms with Crippen molar-refractivity contribution in [2.75, 3.05) is 13.6 Å². The van der Waals surface area contributed by atoms with Crippen LogP contribution in [0, 0.1) is 0 Å². The molecule has 3 nitrogen and oxygen atoms in total. The molecular formula is C16H17ClN2O. The van der Waals surface area contributed by atoms with Crippen LogP contribution in [0.4, 0.5) is 0 Å². The van der Waals surface area contributed by atoms with Crippen LogP contribution in [-0.4, -0.2) is 29.4 Å². The number of carbonyl (C=O) groups excluding carboxylic acids is 1. The summed E-state index contributed by atoms with van der Waals surface area (Å²) >= 11 is 6.00. The van der Waals surface area contributed by atoms with Crippen molar-refractivity contribution in [1.82, 2.24) is 9.88 Å². The van der Waals surface area contributed by atoms with Gasteiger partial charge >= 0.3 is 0 Å². The maximum atomic E-state index is 12.5. The van der Waals surface area contributed by atoms with Gasteiger partial charge in [-0.1, -0.05) is 35.9 Å². The summed E-state index contributed by atoms with van der Waals surface area (Å²) in [6.07, 6.45) is 3.66. The molecule has 0 unspecified atom stereocenters. The highest BCUT2D eigenvalue weighted by atomic mass is 35.5. The van der Waals surface area contributed by atoms with Gasteiger partial charge in [0, 0.05) is 19.0 Å². The minimum Gasteiger partial charge on any atom is -0.342 e. The quantitative estimate of drug-likeness (QED) is 0.474. The van der Waals surface area contributed by atoms with Crippen LogP contribution in [-0.2, 0) is 0 Å². The molecule has 1 amide bonds. The van der Waals surface area contributed by atoms with Crippen LogP contribution in [0.25, 0.3) is 10.9 Å². The van der Waals surface area contributed by atoms with Crippen molar-refractivity contribution in [3.63, 3.8) is 0 Å². The molecule has 1 aromatic carbocycles. The van der Waals surface area contributed by atoms with Gasteiger partial charge in [-0.2, -0.15) is 0 Å². The maximum Gasteiger partial charge on any atom is 0.254 e. The fourth-order valence-corrected chi connectivity index (χ4v) is 2.30. The monoisotopic (exact) mass is 288 g/mol. The standard InChI is InChI=1S/C16H17ClN2O/c1-3-4-7-10-19(2)16(20)13-11-15(17)18-14-9-6-5-8-12(13)14/h3,5-6,8-9,11H,1,4,7,10H2,2H3. The van der Waals surface area contributed by atoms with Crippen molar-refractivity contribution in [1.29, 1.82) is 0 Å². The summed E-state index contributed by atoms with van der Waals surface area (Å²) in [5.41, 5.74) is 1.34. The lowest BCUT2D eigenvalue weighted by molar-refractivity contribution is 0.0795. The first-order valence-electron chi connectivity index (χ1n) is 6.55. The van der Waals surface area contributed by atoms with Gasteiger partial charge in [0.2, 0.25) is 0 Å². The minimum absolute atomic E-state index is 0.0328. The van der Waals surface area contributed by atoms with Crippen LogP contribution < -0.4 is 0 Å². The van der Waals surface area contributed by atoms with Crippen LogP contribution in [0.1, 0.15) is 23.2 Å². The number of pyridine rings is 1. The van der Waals surface area contributed by atoms with Crippen molar-refractivity contribution >= 4 is 28.4 Å². The number of nitrogens with zero attached hydrogens (tertiary/aromatic N) is 2. The van der Waals surface area contributed by atoms with E-state index in [0.29, 0.717) is 17.3 Å². The highest BCUT2D eigenvalue weighted by molar-refractivity contribution is 6.30. The van der Waals surface area contributed by atoms with Gasteiger partial charge in [0.05, 0.1) is 11.1 Å². The molecule has 2 aromatic rings. The van der Waals surface area contributed by atoms with Gasteiger partial charge in [0.1, 0.15) is 5.15 Å². The smallest absolute Gasteiger partial charge is 0.254 e. The third-order valence-corrected chi connectivity index (χ3v) is 3.36. The number of rotatable bonds is 5. The number of carbonyl (C=O) groups is 1. The fourth-order valence-electron chi connectivity index (χ4n) is 2.10. The van der Waals surface area contributed by atoms with E-state index in [2.05, 4.69) is 11.6 Å². The van der Waals surface area contributed by atoms with E-state index in [9.17, 15) is 4.79 Å². The number of allylic oxidation sites excluding steroid dienone is 1. The number of fused-ring (bicyclic) bond motifs is 1. The molecule has 2 rings (SSSR count). The van der Waals surface area contributed by atoms with Crippen molar-refractivity contribution < 1.29 is 4.79 Å². The Morgan fingerprint density at radius 3 is 2.95 bits per heavy atom. The molecule has 4 heteroatoms. The molecule has 0 spiro atoms. The molecule has 0 N–H and O–H groups in total. The lowest BCUT2D eigenvalue weighted by Gasteiger charge is -2.18. The van der Waals surface area contributed by atoms with E-state index >= 15 is 0 Å². The van der Waals surface area contributed by atoms with Gasteiger partial charge in [0.25, 0.3) is 5.91 Å². The second-order valence-electron chi connectivity index (χ2n) is 4.67. The zero-order valence-electron chi connectivity index (χ0n) is 11.5. The Hall–Kier alpha value is -1.87. The first kappa shape index (κ1) is 14.5. The lowest BCUT2D eigenvalue weighted by atomic mass is 10.1. The Labute approximate surface area is 123 Å². The Morgan fingerprint density at radius 2 is 2.20 bits per heavy atom. The van der Waals surface area contributed by atoms with Crippen molar-refractivity contribution in [2.24, 2.45) is 0 Å². The summed E-state index contributed by atoms with van der Waals surface area (Å²) in [4.78, 5) is 18.5. The molecule has 1 aromatic heterocycles. The molecule has 0 radical (unpaired) electrons. The van der Waals surface area contributed by atoms with Crippen molar-refractivity contribution in [2.45, 2.75) is 12.8 Å². The summed E-state index contributed by atoms with van der Waals surface area (Å²) in [5.74, 6) is -0.0328. The molecule has 0 saturated heterocycles. The predicted molar refractivity (Wildman–Crippen MR) is 83.1 cm³/mol. The number of para-hydroxylation sites is 1. The zero-order valence-corrected chi connectivity index (χ0v) is 12.2. The summed E-state index contributed by atoms with van der Waals surface area (Å²) in [7, 11) is 1.80. The first-order chi connectivity index (χ1) is 9.63. The SMILES string of the molecule is C=CCCCN(C)C(=O)c1cc(Cl)nc2ccccc12. The molecular weight excluding hydrogens is 272 g/mol. The molecule has 20 heavy (non-hydrogen) atoms. The van der Waals surface area contributed by atoms with E-state index in [1.807, 2.05) is 30.3 Å². The summed E-state index contributed by atoms with van der Waals surface area (Å²) < 4.78 is 0. The second-order valence-corrected chi connectivity index (χ2v) is 5.05. The highest BCUT2D eigenvalue weighted by Crippen LogP contribution is 2.22. The number of aromatic nitrogens is 1. The Morgan fingerprint density at radius 1 is 1.45 bits per heavy atom. The maximum absolute atomic E-state index is 12.5. The van der Waals surface area contributed by atoms with Gasteiger partial charge in [-0.05, 0) is 25.0 Å². The second kappa shape index (κ2) is 6.53. The molecule has 0 aliphatic carbocycles. The van der Waals surface area contributed by atoms with E-state index < -0.39 is 0 Å². The Bertz CT molecular complexity index is 639. The lowest BCUT2D eigenvalue weighted by Crippen LogP contribution is -2.28. The third kappa shape index (κ3) is 3.17. The summed E-state index contributed by atoms with van der Waals surface area (Å²) in [5, 5.41) is 1.17. The summed E-state index contributed by atoms with van der Waals surface area (Å²) in [6.45, 7) is 4.38. The molecule has 1 heterocycles. The number of amides is 1. The van der Waals surface area contributed by atoms with Crippen LogP contribution >= 0.6 is 11.6 Å².